The van der Waals surface area contributed by atoms with Crippen LogP contribution in [0.1, 0.15) is 11.1 Å². The average molecular weight is 522 g/mol. The highest BCUT2D eigenvalue weighted by atomic mass is 16.5. The average Bonchev–Trinajstić information content (AvgIpc) is 2.99. The number of carbonyl (C=O) groups excluding carboxylic acids is 2. The summed E-state index contributed by atoms with van der Waals surface area (Å²) in [6, 6.07) is 28.7. The number of hydrogen-bond donors (Lipinski definition) is 0. The fraction of sp³-hybridized carbons (Fsp3) is 0. The lowest BCUT2D eigenvalue weighted by atomic mass is 10.0. The Balaban J connectivity index is 1.34. The molecule has 0 aliphatic heterocycles. The van der Waals surface area contributed by atoms with Crippen LogP contribution in [0.4, 0.5) is 0 Å². The van der Waals surface area contributed by atoms with Crippen molar-refractivity contribution in [3.8, 4) is 46.1 Å². The van der Waals surface area contributed by atoms with Crippen molar-refractivity contribution < 1.29 is 19.1 Å². The Hall–Kier alpha value is -5.87. The van der Waals surface area contributed by atoms with Gasteiger partial charge < -0.3 is 9.47 Å². The zero-order chi connectivity index (χ0) is 27.3. The molecular weight excluding hydrogens is 502 g/mol. The maximum Gasteiger partial charge on any atom is 0.298 e. The second-order valence-electron chi connectivity index (χ2n) is 8.82. The molecule has 0 atom stereocenters. The molecular formula is C33H19N3O4. The van der Waals surface area contributed by atoms with Crippen LogP contribution in [0.3, 0.4) is 0 Å². The molecule has 3 heterocycles. The van der Waals surface area contributed by atoms with Gasteiger partial charge in [0.2, 0.25) is 0 Å². The van der Waals surface area contributed by atoms with Crippen LogP contribution in [-0.4, -0.2) is 27.9 Å². The van der Waals surface area contributed by atoms with Gasteiger partial charge in [-0.15, -0.1) is 0 Å². The van der Waals surface area contributed by atoms with Crippen LogP contribution < -0.4 is 9.47 Å². The number of nitrogens with zero attached hydrogens (tertiary/aromatic N) is 3. The normalized spacial score (nSPS) is 10.5. The molecule has 40 heavy (non-hydrogen) atoms. The topological polar surface area (TPSA) is 91.3 Å². The molecule has 7 heteroatoms. The number of carbonyl (C=O) groups is 2. The highest BCUT2D eigenvalue weighted by Gasteiger charge is 2.11. The summed E-state index contributed by atoms with van der Waals surface area (Å²) in [5.74, 6) is 7.03. The number of fused-ring (bicyclic) bond motifs is 2. The summed E-state index contributed by atoms with van der Waals surface area (Å²) in [4.78, 5) is 35.2. The van der Waals surface area contributed by atoms with Crippen molar-refractivity contribution in [1.82, 2.24) is 15.0 Å². The maximum absolute atomic E-state index is 11.1. The lowest BCUT2D eigenvalue weighted by molar-refractivity contribution is -0.121. The highest BCUT2D eigenvalue weighted by molar-refractivity contribution is 5.98. The molecule has 0 amide bonds. The van der Waals surface area contributed by atoms with E-state index in [0.29, 0.717) is 41.5 Å². The van der Waals surface area contributed by atoms with E-state index in [0.717, 1.165) is 21.9 Å². The summed E-state index contributed by atoms with van der Waals surface area (Å²) in [6.07, 6.45) is 3.14. The molecule has 3 aromatic carbocycles. The van der Waals surface area contributed by atoms with E-state index < -0.39 is 0 Å². The predicted octanol–water partition coefficient (Wildman–Crippen LogP) is 5.98. The summed E-state index contributed by atoms with van der Waals surface area (Å²) in [6.45, 7) is 0.671. The molecule has 6 aromatic rings. The van der Waals surface area contributed by atoms with Gasteiger partial charge in [0, 0.05) is 41.7 Å². The first-order valence-electron chi connectivity index (χ1n) is 12.3. The third kappa shape index (κ3) is 5.23. The molecule has 0 unspecified atom stereocenters. The van der Waals surface area contributed by atoms with Crippen molar-refractivity contribution in [2.75, 3.05) is 0 Å². The molecule has 3 aromatic heterocycles. The predicted molar refractivity (Wildman–Crippen MR) is 152 cm³/mol. The Bertz CT molecular complexity index is 1970. The zero-order valence-electron chi connectivity index (χ0n) is 20.9. The van der Waals surface area contributed by atoms with Crippen LogP contribution in [0.5, 0.6) is 11.5 Å². The Kier molecular flexibility index (Phi) is 6.64. The summed E-state index contributed by atoms with van der Waals surface area (Å²) < 4.78 is 10.0. The Labute approximate surface area is 229 Å². The van der Waals surface area contributed by atoms with E-state index in [-0.39, 0.29) is 5.75 Å². The molecule has 190 valence electrons. The lowest BCUT2D eigenvalue weighted by Crippen LogP contribution is -1.97. The van der Waals surface area contributed by atoms with Crippen molar-refractivity contribution in [2.45, 2.75) is 0 Å². The van der Waals surface area contributed by atoms with Crippen molar-refractivity contribution >= 4 is 34.5 Å². The maximum atomic E-state index is 11.1. The van der Waals surface area contributed by atoms with Gasteiger partial charge in [-0.05, 0) is 64.0 Å². The van der Waals surface area contributed by atoms with E-state index in [1.165, 1.54) is 17.0 Å². The minimum Gasteiger partial charge on any atom is -0.429 e. The summed E-state index contributed by atoms with van der Waals surface area (Å²) in [5.41, 5.74) is 3.47. The van der Waals surface area contributed by atoms with Gasteiger partial charge in [-0.2, -0.15) is 0 Å². The van der Waals surface area contributed by atoms with Gasteiger partial charge in [0.15, 0.2) is 0 Å². The largest absolute Gasteiger partial charge is 0.429 e. The summed E-state index contributed by atoms with van der Waals surface area (Å²) in [7, 11) is 0. The molecule has 6 rings (SSSR count). The van der Waals surface area contributed by atoms with E-state index in [2.05, 4.69) is 63.2 Å². The van der Waals surface area contributed by atoms with Crippen molar-refractivity contribution in [2.24, 2.45) is 0 Å². The minimum absolute atomic E-state index is 0.264. The van der Waals surface area contributed by atoms with Crippen LogP contribution in [0, 0.1) is 11.8 Å². The van der Waals surface area contributed by atoms with Crippen molar-refractivity contribution in [3.63, 3.8) is 0 Å². The first-order chi connectivity index (χ1) is 19.7. The zero-order valence-corrected chi connectivity index (χ0v) is 20.9. The quantitative estimate of drug-likeness (QED) is 0.151. The van der Waals surface area contributed by atoms with Crippen LogP contribution in [0.2, 0.25) is 0 Å². The number of aromatic nitrogens is 3. The fourth-order valence-corrected chi connectivity index (χ4v) is 4.38. The third-order valence-electron chi connectivity index (χ3n) is 6.24. The van der Waals surface area contributed by atoms with Crippen molar-refractivity contribution in [1.29, 1.82) is 0 Å². The standard InChI is InChI=1S/C33H19N3O4/c37-20-39-28-10-12-35-31(17-28)33-19-29(40-21-38)18-32(36-33)30-14-23(9-11-34-30)6-5-22-7-8-26-15-24-3-1-2-4-25(24)16-27(26)13-22/h1-4,7-21H. The van der Waals surface area contributed by atoms with Crippen LogP contribution in [-0.2, 0) is 9.59 Å². The van der Waals surface area contributed by atoms with Crippen LogP contribution >= 0.6 is 0 Å². The van der Waals surface area contributed by atoms with Gasteiger partial charge in [-0.3, -0.25) is 19.6 Å². The first kappa shape index (κ1) is 24.5. The Morgan fingerprint density at radius 3 is 1.82 bits per heavy atom. The third-order valence-corrected chi connectivity index (χ3v) is 6.24. The van der Waals surface area contributed by atoms with Gasteiger partial charge in [-0.1, -0.05) is 42.2 Å². The van der Waals surface area contributed by atoms with Gasteiger partial charge in [0.1, 0.15) is 11.5 Å². The highest BCUT2D eigenvalue weighted by Crippen LogP contribution is 2.28. The smallest absolute Gasteiger partial charge is 0.298 e. The molecule has 0 saturated carbocycles. The number of ether oxygens (including phenoxy) is 2. The molecule has 0 aliphatic carbocycles. The van der Waals surface area contributed by atoms with Gasteiger partial charge in [-0.25, -0.2) is 4.98 Å². The summed E-state index contributed by atoms with van der Waals surface area (Å²) >= 11 is 0. The first-order valence-corrected chi connectivity index (χ1v) is 12.3. The van der Waals surface area contributed by atoms with E-state index in [1.54, 1.807) is 30.5 Å². The minimum atomic E-state index is 0.264. The monoisotopic (exact) mass is 521 g/mol. The molecule has 7 nitrogen and oxygen atoms in total. The molecule has 0 radical (unpaired) electrons. The van der Waals surface area contributed by atoms with Crippen molar-refractivity contribution in [3.05, 3.63) is 115 Å². The SMILES string of the molecule is O=COc1ccnc(-c2cc(OC=O)cc(-c3cc(C#Cc4ccc5cc6ccccc6cc5c4)ccn3)n2)c1. The van der Waals surface area contributed by atoms with E-state index in [9.17, 15) is 9.59 Å². The second-order valence-corrected chi connectivity index (χ2v) is 8.82. The molecule has 0 bridgehead atoms. The molecule has 0 saturated heterocycles. The second kappa shape index (κ2) is 10.9. The van der Waals surface area contributed by atoms with E-state index in [1.807, 2.05) is 30.3 Å². The molecule has 0 fully saturated rings. The van der Waals surface area contributed by atoms with Crippen LogP contribution in [0.15, 0.2) is 103 Å². The molecule has 0 spiro atoms. The Morgan fingerprint density at radius 1 is 0.525 bits per heavy atom. The summed E-state index contributed by atoms with van der Waals surface area (Å²) in [5, 5.41) is 4.67. The molecule has 0 aliphatic rings. The van der Waals surface area contributed by atoms with Gasteiger partial charge >= 0.3 is 0 Å². The number of hydrogen-bond acceptors (Lipinski definition) is 7. The van der Waals surface area contributed by atoms with Crippen LogP contribution in [0.25, 0.3) is 44.3 Å². The van der Waals surface area contributed by atoms with Gasteiger partial charge in [0.25, 0.3) is 12.9 Å². The number of benzene rings is 3. The number of rotatable bonds is 6. The molecule has 0 N–H and O–H groups in total. The lowest BCUT2D eigenvalue weighted by Gasteiger charge is -2.08. The number of pyridine rings is 3. The fourth-order valence-electron chi connectivity index (χ4n) is 4.38. The van der Waals surface area contributed by atoms with Gasteiger partial charge in [0.05, 0.1) is 22.8 Å². The Morgan fingerprint density at radius 2 is 1.10 bits per heavy atom. The van der Waals surface area contributed by atoms with E-state index >= 15 is 0 Å². The van der Waals surface area contributed by atoms with E-state index in [4.69, 9.17) is 9.47 Å².